The molecule has 0 bridgehead atoms. The summed E-state index contributed by atoms with van der Waals surface area (Å²) in [5.74, 6) is -2.25. The third-order valence-corrected chi connectivity index (χ3v) is 2.60. The van der Waals surface area contributed by atoms with Crippen molar-refractivity contribution >= 4 is 35.0 Å². The molecule has 3 amide bonds. The molecular weight excluding hydrogens is 300 g/mol. The second kappa shape index (κ2) is 8.52. The highest BCUT2D eigenvalue weighted by Crippen LogP contribution is 2.21. The van der Waals surface area contributed by atoms with E-state index < -0.39 is 17.7 Å². The van der Waals surface area contributed by atoms with Gasteiger partial charge in [0.2, 0.25) is 0 Å². The van der Waals surface area contributed by atoms with Gasteiger partial charge in [-0.05, 0) is 26.0 Å². The number of rotatable bonds is 3. The first-order valence-corrected chi connectivity index (χ1v) is 6.96. The van der Waals surface area contributed by atoms with Crippen LogP contribution in [0.5, 0.6) is 0 Å². The lowest BCUT2D eigenvalue weighted by Crippen LogP contribution is -2.33. The predicted octanol–water partition coefficient (Wildman–Crippen LogP) is 0.763. The number of carbonyl (C=O) groups is 3. The SMILES string of the molecule is CN=C(OC(C)C)C(=O)Nc1ccccc1NC(=O)C(=O)NC. The van der Waals surface area contributed by atoms with Crippen molar-refractivity contribution in [1.82, 2.24) is 5.32 Å². The van der Waals surface area contributed by atoms with Gasteiger partial charge in [0.15, 0.2) is 0 Å². The van der Waals surface area contributed by atoms with Gasteiger partial charge in [-0.1, -0.05) is 12.1 Å². The van der Waals surface area contributed by atoms with Crippen LogP contribution >= 0.6 is 0 Å². The summed E-state index contributed by atoms with van der Waals surface area (Å²) >= 11 is 0. The Morgan fingerprint density at radius 2 is 1.52 bits per heavy atom. The summed E-state index contributed by atoms with van der Waals surface area (Å²) in [4.78, 5) is 38.8. The number of benzene rings is 1. The fourth-order valence-corrected chi connectivity index (χ4v) is 1.60. The molecule has 0 radical (unpaired) electrons. The van der Waals surface area contributed by atoms with Crippen LogP contribution in [0.3, 0.4) is 0 Å². The van der Waals surface area contributed by atoms with E-state index in [1.54, 1.807) is 38.1 Å². The summed E-state index contributed by atoms with van der Waals surface area (Å²) in [6.07, 6.45) is -0.206. The van der Waals surface area contributed by atoms with Gasteiger partial charge in [0.1, 0.15) is 0 Å². The van der Waals surface area contributed by atoms with E-state index in [0.29, 0.717) is 5.69 Å². The molecule has 3 N–H and O–H groups in total. The number of aliphatic imine (C=N–C) groups is 1. The summed E-state index contributed by atoms with van der Waals surface area (Å²) in [6.45, 7) is 3.55. The molecule has 0 unspecified atom stereocenters. The molecule has 1 rings (SSSR count). The van der Waals surface area contributed by atoms with Crippen molar-refractivity contribution in [3.05, 3.63) is 24.3 Å². The van der Waals surface area contributed by atoms with Gasteiger partial charge in [0, 0.05) is 14.1 Å². The van der Waals surface area contributed by atoms with Crippen molar-refractivity contribution in [2.24, 2.45) is 4.99 Å². The molecule has 1 aromatic rings. The molecule has 0 aromatic heterocycles. The summed E-state index contributed by atoms with van der Waals surface area (Å²) in [7, 11) is 2.79. The van der Waals surface area contributed by atoms with E-state index in [1.165, 1.54) is 14.1 Å². The lowest BCUT2D eigenvalue weighted by Gasteiger charge is -2.14. The monoisotopic (exact) mass is 320 g/mol. The number of nitrogens with one attached hydrogen (secondary N) is 3. The number of carbonyl (C=O) groups excluding carboxylic acids is 3. The Balaban J connectivity index is 2.91. The third-order valence-electron chi connectivity index (χ3n) is 2.60. The first-order valence-electron chi connectivity index (χ1n) is 6.96. The molecule has 0 saturated carbocycles. The Morgan fingerprint density at radius 1 is 1.00 bits per heavy atom. The van der Waals surface area contributed by atoms with Crippen molar-refractivity contribution in [2.45, 2.75) is 20.0 Å². The molecule has 1 aromatic carbocycles. The number of ether oxygens (including phenoxy) is 1. The van der Waals surface area contributed by atoms with Gasteiger partial charge in [0.25, 0.3) is 5.90 Å². The molecule has 0 saturated heterocycles. The van der Waals surface area contributed by atoms with Crippen LogP contribution in [0.15, 0.2) is 29.3 Å². The number of nitrogens with zero attached hydrogens (tertiary/aromatic N) is 1. The van der Waals surface area contributed by atoms with Crippen LogP contribution in [0.4, 0.5) is 11.4 Å². The number of likely N-dealkylation sites (N-methyl/N-ethyl adjacent to an activating group) is 1. The third kappa shape index (κ3) is 5.42. The van der Waals surface area contributed by atoms with E-state index in [-0.39, 0.29) is 17.7 Å². The summed E-state index contributed by atoms with van der Waals surface area (Å²) < 4.78 is 5.30. The quantitative estimate of drug-likeness (QED) is 0.434. The molecule has 0 aliphatic carbocycles. The first-order chi connectivity index (χ1) is 10.9. The first kappa shape index (κ1) is 18.1. The van der Waals surface area contributed by atoms with E-state index in [0.717, 1.165) is 0 Å². The smallest absolute Gasteiger partial charge is 0.313 e. The number of para-hydroxylation sites is 2. The van der Waals surface area contributed by atoms with E-state index in [1.807, 2.05) is 0 Å². The second-order valence-corrected chi connectivity index (χ2v) is 4.73. The fourth-order valence-electron chi connectivity index (χ4n) is 1.60. The lowest BCUT2D eigenvalue weighted by atomic mass is 10.2. The summed E-state index contributed by atoms with van der Waals surface area (Å²) in [5, 5.41) is 7.22. The van der Waals surface area contributed by atoms with Crippen LogP contribution in [0, 0.1) is 0 Å². The van der Waals surface area contributed by atoms with E-state index >= 15 is 0 Å². The Labute approximate surface area is 134 Å². The van der Waals surface area contributed by atoms with Crippen molar-refractivity contribution in [1.29, 1.82) is 0 Å². The minimum atomic E-state index is -0.836. The maximum atomic E-state index is 12.1. The molecule has 23 heavy (non-hydrogen) atoms. The van der Waals surface area contributed by atoms with Crippen molar-refractivity contribution in [2.75, 3.05) is 24.7 Å². The Bertz CT molecular complexity index is 626. The van der Waals surface area contributed by atoms with Gasteiger partial charge >= 0.3 is 17.7 Å². The number of hydrogen-bond acceptors (Lipinski definition) is 5. The maximum Gasteiger partial charge on any atom is 0.313 e. The Morgan fingerprint density at radius 3 is 1.96 bits per heavy atom. The molecule has 0 fully saturated rings. The summed E-state index contributed by atoms with van der Waals surface area (Å²) in [6, 6.07) is 6.48. The van der Waals surface area contributed by atoms with Crippen molar-refractivity contribution in [3.63, 3.8) is 0 Å². The highest BCUT2D eigenvalue weighted by molar-refractivity contribution is 6.41. The van der Waals surface area contributed by atoms with Gasteiger partial charge in [0.05, 0.1) is 17.5 Å². The molecule has 124 valence electrons. The topological polar surface area (TPSA) is 109 Å². The van der Waals surface area contributed by atoms with Crippen LogP contribution in [-0.2, 0) is 19.1 Å². The Hall–Kier alpha value is -2.90. The lowest BCUT2D eigenvalue weighted by molar-refractivity contribution is -0.135. The zero-order chi connectivity index (χ0) is 17.4. The average Bonchev–Trinajstić information content (AvgIpc) is 2.53. The summed E-state index contributed by atoms with van der Waals surface area (Å²) in [5.41, 5.74) is 0.609. The van der Waals surface area contributed by atoms with Crippen LogP contribution in [0.25, 0.3) is 0 Å². The number of anilines is 2. The standard InChI is InChI=1S/C15H20N4O4/c1-9(2)23-15(17-4)14(22)19-11-8-6-5-7-10(11)18-13(21)12(20)16-3/h5-9H,1-4H3,(H,16,20)(H,18,21)(H,19,22). The highest BCUT2D eigenvalue weighted by Gasteiger charge is 2.18. The maximum absolute atomic E-state index is 12.1. The minimum absolute atomic E-state index is 0.0765. The van der Waals surface area contributed by atoms with E-state index in [4.69, 9.17) is 4.74 Å². The van der Waals surface area contributed by atoms with E-state index in [2.05, 4.69) is 20.9 Å². The number of amides is 3. The van der Waals surface area contributed by atoms with Gasteiger partial charge in [-0.2, -0.15) is 0 Å². The largest absolute Gasteiger partial charge is 0.471 e. The van der Waals surface area contributed by atoms with Crippen molar-refractivity contribution < 1.29 is 19.1 Å². The zero-order valence-corrected chi connectivity index (χ0v) is 13.5. The molecule has 0 aliphatic rings. The molecule has 0 heterocycles. The van der Waals surface area contributed by atoms with Crippen LogP contribution < -0.4 is 16.0 Å². The molecule has 0 atom stereocenters. The molecule has 8 heteroatoms. The van der Waals surface area contributed by atoms with Crippen LogP contribution in [0.1, 0.15) is 13.8 Å². The van der Waals surface area contributed by atoms with Gasteiger partial charge in [-0.25, -0.2) is 0 Å². The van der Waals surface area contributed by atoms with Crippen LogP contribution in [0.2, 0.25) is 0 Å². The minimum Gasteiger partial charge on any atom is -0.471 e. The predicted molar refractivity (Wildman–Crippen MR) is 87.3 cm³/mol. The van der Waals surface area contributed by atoms with Crippen LogP contribution in [-0.4, -0.2) is 43.8 Å². The molecule has 0 spiro atoms. The molecule has 0 aliphatic heterocycles. The number of hydrogen-bond donors (Lipinski definition) is 3. The fraction of sp³-hybridized carbons (Fsp3) is 0.333. The molecule has 8 nitrogen and oxygen atoms in total. The normalized spacial score (nSPS) is 10.9. The van der Waals surface area contributed by atoms with Gasteiger partial charge < -0.3 is 20.7 Å². The highest BCUT2D eigenvalue weighted by atomic mass is 16.5. The second-order valence-electron chi connectivity index (χ2n) is 4.73. The van der Waals surface area contributed by atoms with E-state index in [9.17, 15) is 14.4 Å². The van der Waals surface area contributed by atoms with Gasteiger partial charge in [-0.15, -0.1) is 0 Å². The molecular formula is C15H20N4O4. The van der Waals surface area contributed by atoms with Crippen molar-refractivity contribution in [3.8, 4) is 0 Å². The average molecular weight is 320 g/mol. The Kier molecular flexibility index (Phi) is 6.72. The zero-order valence-electron chi connectivity index (χ0n) is 13.5. The van der Waals surface area contributed by atoms with Gasteiger partial charge in [-0.3, -0.25) is 19.4 Å².